The van der Waals surface area contributed by atoms with Gasteiger partial charge in [-0.1, -0.05) is 23.7 Å². The maximum absolute atomic E-state index is 12.1. The average molecular weight is 392 g/mol. The number of sulfone groups is 1. The maximum atomic E-state index is 12.1. The third-order valence-corrected chi connectivity index (χ3v) is 4.08. The molecule has 2 rings (SSSR count). The molecule has 0 saturated carbocycles. The molecule has 0 atom stereocenters. The Bertz CT molecular complexity index is 811. The van der Waals surface area contributed by atoms with Gasteiger partial charge in [-0.25, -0.2) is 23.2 Å². The predicted octanol–water partition coefficient (Wildman–Crippen LogP) is 2.52. The third-order valence-electron chi connectivity index (χ3n) is 2.29. The van der Waals surface area contributed by atoms with Crippen molar-refractivity contribution in [2.45, 2.75) is 5.16 Å². The van der Waals surface area contributed by atoms with Crippen LogP contribution in [-0.2, 0) is 9.84 Å². The van der Waals surface area contributed by atoms with Crippen molar-refractivity contribution < 1.29 is 17.9 Å². The molecule has 0 unspecified atom stereocenters. The largest absolute Gasteiger partial charge is 0.421 e. The van der Waals surface area contributed by atoms with Crippen molar-refractivity contribution in [3.05, 3.63) is 45.7 Å². The molecule has 110 valence electrons. The molecule has 6 nitrogen and oxygen atoms in total. The number of benzene rings is 1. The van der Waals surface area contributed by atoms with Gasteiger partial charge in [0.15, 0.2) is 5.69 Å². The fraction of sp³-hybridized carbons (Fsp3) is 0.0833. The van der Waals surface area contributed by atoms with Crippen molar-refractivity contribution in [3.63, 3.8) is 0 Å². The minimum atomic E-state index is -3.65. The number of esters is 1. The molecule has 0 amide bonds. The smallest absolute Gasteiger partial charge is 0.364 e. The van der Waals surface area contributed by atoms with E-state index in [9.17, 15) is 13.2 Å². The van der Waals surface area contributed by atoms with E-state index in [-0.39, 0.29) is 16.5 Å². The molecule has 0 saturated heterocycles. The van der Waals surface area contributed by atoms with Gasteiger partial charge in [0.05, 0.1) is 15.7 Å². The van der Waals surface area contributed by atoms with E-state index in [1.165, 1.54) is 0 Å². The lowest BCUT2D eigenvalue weighted by molar-refractivity contribution is 0.0726. The number of hydrogen-bond donors (Lipinski definition) is 0. The van der Waals surface area contributed by atoms with Crippen LogP contribution in [0.4, 0.5) is 0 Å². The van der Waals surface area contributed by atoms with Crippen LogP contribution in [0.1, 0.15) is 10.5 Å². The van der Waals surface area contributed by atoms with Crippen LogP contribution >= 0.6 is 27.5 Å². The quantitative estimate of drug-likeness (QED) is 0.454. The van der Waals surface area contributed by atoms with Gasteiger partial charge in [-0.2, -0.15) is 0 Å². The molecule has 0 bridgehead atoms. The summed E-state index contributed by atoms with van der Waals surface area (Å²) in [6, 6.07) is 6.68. The number of para-hydroxylation sites is 1. The van der Waals surface area contributed by atoms with Gasteiger partial charge in [-0.15, -0.1) is 0 Å². The fourth-order valence-corrected chi connectivity index (χ4v) is 2.38. The van der Waals surface area contributed by atoms with Gasteiger partial charge in [0.1, 0.15) is 5.75 Å². The number of carbonyl (C=O) groups excluding carboxylic acids is 1. The Labute approximate surface area is 134 Å². The Morgan fingerprint density at radius 2 is 2.00 bits per heavy atom. The van der Waals surface area contributed by atoms with E-state index >= 15 is 0 Å². The molecule has 9 heteroatoms. The highest BCUT2D eigenvalue weighted by Gasteiger charge is 2.21. The molecular formula is C12H8BrClN2O4S. The molecule has 0 aliphatic carbocycles. The lowest BCUT2D eigenvalue weighted by atomic mass is 10.3. The molecule has 1 heterocycles. The molecule has 0 spiro atoms. The minimum Gasteiger partial charge on any atom is -0.421 e. The normalized spacial score (nSPS) is 11.2. The van der Waals surface area contributed by atoms with E-state index in [4.69, 9.17) is 16.3 Å². The first-order valence-corrected chi connectivity index (χ1v) is 8.54. The summed E-state index contributed by atoms with van der Waals surface area (Å²) in [5.74, 6) is -0.614. The van der Waals surface area contributed by atoms with Crippen molar-refractivity contribution >= 4 is 43.3 Å². The number of carbonyl (C=O) groups is 1. The molecule has 0 aliphatic heterocycles. The Morgan fingerprint density at radius 3 is 2.62 bits per heavy atom. The minimum absolute atomic E-state index is 0.0977. The molecule has 21 heavy (non-hydrogen) atoms. The topological polar surface area (TPSA) is 86.2 Å². The molecule has 2 aromatic rings. The van der Waals surface area contributed by atoms with Crippen molar-refractivity contribution in [3.8, 4) is 5.75 Å². The monoisotopic (exact) mass is 390 g/mol. The van der Waals surface area contributed by atoms with Gasteiger partial charge in [0, 0.05) is 6.26 Å². The lowest BCUT2D eigenvalue weighted by Gasteiger charge is -2.07. The van der Waals surface area contributed by atoms with Crippen LogP contribution in [0.5, 0.6) is 5.75 Å². The second kappa shape index (κ2) is 6.08. The molecule has 0 fully saturated rings. The predicted molar refractivity (Wildman–Crippen MR) is 79.3 cm³/mol. The van der Waals surface area contributed by atoms with Gasteiger partial charge >= 0.3 is 5.97 Å². The van der Waals surface area contributed by atoms with Crippen LogP contribution in [0, 0.1) is 0 Å². The molecule has 0 aliphatic rings. The van der Waals surface area contributed by atoms with Gasteiger partial charge < -0.3 is 4.74 Å². The average Bonchev–Trinajstić information content (AvgIpc) is 2.40. The SMILES string of the molecule is CS(=O)(=O)c1ncc(Cl)c(C(=O)Oc2ccccc2Br)n1. The highest BCUT2D eigenvalue weighted by Crippen LogP contribution is 2.25. The van der Waals surface area contributed by atoms with Gasteiger partial charge in [-0.3, -0.25) is 0 Å². The summed E-state index contributed by atoms with van der Waals surface area (Å²) in [7, 11) is -3.65. The summed E-state index contributed by atoms with van der Waals surface area (Å²) < 4.78 is 28.5. The second-order valence-electron chi connectivity index (χ2n) is 3.94. The first-order chi connectivity index (χ1) is 9.79. The number of aromatic nitrogens is 2. The number of halogens is 2. The lowest BCUT2D eigenvalue weighted by Crippen LogP contribution is -2.15. The molecule has 1 aromatic carbocycles. The molecule has 0 N–H and O–H groups in total. The van der Waals surface area contributed by atoms with E-state index < -0.39 is 21.0 Å². The summed E-state index contributed by atoms with van der Waals surface area (Å²) in [5, 5.41) is -0.592. The first kappa shape index (κ1) is 15.9. The Hall–Kier alpha value is -1.51. The number of ether oxygens (including phenoxy) is 1. The molecule has 0 radical (unpaired) electrons. The third kappa shape index (κ3) is 3.78. The van der Waals surface area contributed by atoms with Gasteiger partial charge in [0.25, 0.3) is 0 Å². The van der Waals surface area contributed by atoms with Crippen LogP contribution in [0.15, 0.2) is 40.1 Å². The van der Waals surface area contributed by atoms with Crippen LogP contribution in [0.3, 0.4) is 0 Å². The summed E-state index contributed by atoms with van der Waals surface area (Å²) in [6.45, 7) is 0. The van der Waals surface area contributed by atoms with E-state index in [0.717, 1.165) is 12.5 Å². The number of nitrogens with zero attached hydrogens (tertiary/aromatic N) is 2. The standard InChI is InChI=1S/C12H8BrClN2O4S/c1-21(18,19)12-15-6-8(14)10(16-12)11(17)20-9-5-3-2-4-7(9)13/h2-6H,1H3. The zero-order valence-electron chi connectivity index (χ0n) is 10.6. The van der Waals surface area contributed by atoms with E-state index in [1.807, 2.05) is 0 Å². The van der Waals surface area contributed by atoms with Gasteiger partial charge in [-0.05, 0) is 28.1 Å². The first-order valence-electron chi connectivity index (χ1n) is 5.48. The summed E-state index contributed by atoms with van der Waals surface area (Å²) in [5.41, 5.74) is -0.317. The maximum Gasteiger partial charge on any atom is 0.364 e. The number of rotatable bonds is 3. The van der Waals surface area contributed by atoms with Crippen molar-refractivity contribution in [1.82, 2.24) is 9.97 Å². The summed E-state index contributed by atoms with van der Waals surface area (Å²) in [6.07, 6.45) is 1.97. The summed E-state index contributed by atoms with van der Waals surface area (Å²) in [4.78, 5) is 19.3. The van der Waals surface area contributed by atoms with E-state index in [2.05, 4.69) is 25.9 Å². The fourth-order valence-electron chi connectivity index (χ4n) is 1.35. The van der Waals surface area contributed by atoms with Crippen LogP contribution in [0.25, 0.3) is 0 Å². The molecular weight excluding hydrogens is 384 g/mol. The zero-order chi connectivity index (χ0) is 15.6. The Kier molecular flexibility index (Phi) is 4.60. The van der Waals surface area contributed by atoms with Crippen molar-refractivity contribution in [1.29, 1.82) is 0 Å². The van der Waals surface area contributed by atoms with Crippen molar-refractivity contribution in [2.75, 3.05) is 6.26 Å². The van der Waals surface area contributed by atoms with Gasteiger partial charge in [0.2, 0.25) is 15.0 Å². The highest BCUT2D eigenvalue weighted by atomic mass is 79.9. The summed E-state index contributed by atoms with van der Waals surface area (Å²) >= 11 is 9.04. The van der Waals surface area contributed by atoms with Crippen LogP contribution < -0.4 is 4.74 Å². The Morgan fingerprint density at radius 1 is 1.33 bits per heavy atom. The zero-order valence-corrected chi connectivity index (χ0v) is 13.7. The van der Waals surface area contributed by atoms with Crippen LogP contribution in [0.2, 0.25) is 5.02 Å². The van der Waals surface area contributed by atoms with E-state index in [1.54, 1.807) is 24.3 Å². The highest BCUT2D eigenvalue weighted by molar-refractivity contribution is 9.10. The van der Waals surface area contributed by atoms with Crippen molar-refractivity contribution in [2.24, 2.45) is 0 Å². The Balaban J connectivity index is 2.38. The molecule has 1 aromatic heterocycles. The van der Waals surface area contributed by atoms with Crippen LogP contribution in [-0.4, -0.2) is 30.6 Å². The number of hydrogen-bond acceptors (Lipinski definition) is 6. The van der Waals surface area contributed by atoms with E-state index in [0.29, 0.717) is 4.47 Å². The second-order valence-corrected chi connectivity index (χ2v) is 7.11.